The normalized spacial score (nSPS) is 34.9. The van der Waals surface area contributed by atoms with Crippen LogP contribution in [-0.4, -0.2) is 24.7 Å². The Morgan fingerprint density at radius 2 is 1.94 bits per heavy atom. The van der Waals surface area contributed by atoms with Gasteiger partial charge in [0.25, 0.3) is 0 Å². The van der Waals surface area contributed by atoms with Gasteiger partial charge in [0.1, 0.15) is 0 Å². The summed E-state index contributed by atoms with van der Waals surface area (Å²) in [6.45, 7) is 1.86. The van der Waals surface area contributed by atoms with Crippen LogP contribution in [0.25, 0.3) is 0 Å². The SMILES string of the molecule is Cc1cccc(S(=O)(=O)NC23CC(O)(C2)C3)c1. The monoisotopic (exact) mass is 253 g/mol. The lowest BCUT2D eigenvalue weighted by Crippen LogP contribution is -2.78. The maximum Gasteiger partial charge on any atom is 0.241 e. The van der Waals surface area contributed by atoms with Gasteiger partial charge < -0.3 is 5.11 Å². The Morgan fingerprint density at radius 1 is 1.29 bits per heavy atom. The molecule has 0 heterocycles. The molecule has 5 heteroatoms. The fourth-order valence-corrected chi connectivity index (χ4v) is 4.47. The average Bonchev–Trinajstić information content (AvgIpc) is 2.13. The number of hydrogen-bond acceptors (Lipinski definition) is 3. The van der Waals surface area contributed by atoms with Crippen LogP contribution in [0.4, 0.5) is 0 Å². The number of rotatable bonds is 3. The predicted molar refractivity (Wildman–Crippen MR) is 63.0 cm³/mol. The van der Waals surface area contributed by atoms with Crippen molar-refractivity contribution in [3.63, 3.8) is 0 Å². The topological polar surface area (TPSA) is 66.4 Å². The van der Waals surface area contributed by atoms with E-state index in [1.54, 1.807) is 18.2 Å². The molecule has 1 aromatic carbocycles. The summed E-state index contributed by atoms with van der Waals surface area (Å²) in [7, 11) is -3.45. The number of aliphatic hydroxyl groups is 1. The van der Waals surface area contributed by atoms with Gasteiger partial charge in [-0.1, -0.05) is 12.1 Å². The molecule has 0 atom stereocenters. The molecular weight excluding hydrogens is 238 g/mol. The summed E-state index contributed by atoms with van der Waals surface area (Å²) in [6, 6.07) is 6.85. The van der Waals surface area contributed by atoms with Crippen molar-refractivity contribution in [3.05, 3.63) is 29.8 Å². The third-order valence-corrected chi connectivity index (χ3v) is 5.23. The van der Waals surface area contributed by atoms with Crippen molar-refractivity contribution in [3.8, 4) is 0 Å². The molecule has 92 valence electrons. The van der Waals surface area contributed by atoms with Crippen molar-refractivity contribution in [1.29, 1.82) is 0 Å². The van der Waals surface area contributed by atoms with E-state index in [9.17, 15) is 13.5 Å². The van der Waals surface area contributed by atoms with E-state index in [4.69, 9.17) is 0 Å². The number of aryl methyl sites for hydroxylation is 1. The van der Waals surface area contributed by atoms with Crippen LogP contribution in [-0.2, 0) is 10.0 Å². The molecule has 0 aromatic heterocycles. The molecule has 2 N–H and O–H groups in total. The highest BCUT2D eigenvalue weighted by molar-refractivity contribution is 7.89. The molecule has 1 aromatic rings. The zero-order chi connectivity index (χ0) is 12.3. The first-order valence-corrected chi connectivity index (χ1v) is 7.14. The van der Waals surface area contributed by atoms with Gasteiger partial charge in [0.05, 0.1) is 10.5 Å². The summed E-state index contributed by atoms with van der Waals surface area (Å²) in [5.41, 5.74) is -0.0454. The van der Waals surface area contributed by atoms with E-state index >= 15 is 0 Å². The van der Waals surface area contributed by atoms with Crippen LogP contribution in [0.15, 0.2) is 29.2 Å². The minimum Gasteiger partial charge on any atom is -0.390 e. The number of sulfonamides is 1. The first kappa shape index (κ1) is 11.2. The summed E-state index contributed by atoms with van der Waals surface area (Å²) in [6.07, 6.45) is 1.64. The zero-order valence-corrected chi connectivity index (χ0v) is 10.4. The smallest absolute Gasteiger partial charge is 0.241 e. The summed E-state index contributed by atoms with van der Waals surface area (Å²) in [5, 5.41) is 9.62. The summed E-state index contributed by atoms with van der Waals surface area (Å²) >= 11 is 0. The van der Waals surface area contributed by atoms with Crippen LogP contribution < -0.4 is 4.72 Å². The molecule has 0 amide bonds. The molecule has 0 saturated heterocycles. The molecule has 3 aliphatic rings. The standard InChI is InChI=1S/C12H15NO3S/c1-9-3-2-4-10(5-9)17(15,16)13-11-6-12(14,7-11)8-11/h2-5,13-14H,6-8H2,1H3. The second-order valence-corrected chi connectivity index (χ2v) is 7.14. The van der Waals surface area contributed by atoms with E-state index in [0.29, 0.717) is 24.2 Å². The number of nitrogens with one attached hydrogen (secondary N) is 1. The van der Waals surface area contributed by atoms with Crippen molar-refractivity contribution < 1.29 is 13.5 Å². The predicted octanol–water partition coefficient (Wildman–Crippen LogP) is 0.941. The van der Waals surface area contributed by atoms with Crippen molar-refractivity contribution >= 4 is 10.0 Å². The van der Waals surface area contributed by atoms with Gasteiger partial charge in [-0.05, 0) is 43.9 Å². The lowest BCUT2D eigenvalue weighted by atomic mass is 9.47. The fourth-order valence-electron chi connectivity index (χ4n) is 2.97. The molecule has 4 rings (SSSR count). The summed E-state index contributed by atoms with van der Waals surface area (Å²) < 4.78 is 27.0. The third-order valence-electron chi connectivity index (χ3n) is 3.65. The van der Waals surface area contributed by atoms with E-state index < -0.39 is 15.6 Å². The minimum absolute atomic E-state index is 0.300. The van der Waals surface area contributed by atoms with Crippen LogP contribution in [0.2, 0.25) is 0 Å². The first-order chi connectivity index (χ1) is 7.83. The highest BCUT2D eigenvalue weighted by Crippen LogP contribution is 2.60. The van der Waals surface area contributed by atoms with Crippen molar-refractivity contribution in [2.24, 2.45) is 0 Å². The first-order valence-electron chi connectivity index (χ1n) is 5.66. The van der Waals surface area contributed by atoms with E-state index in [1.165, 1.54) is 0 Å². The molecule has 0 spiro atoms. The molecule has 3 fully saturated rings. The van der Waals surface area contributed by atoms with Crippen molar-refractivity contribution in [1.82, 2.24) is 4.72 Å². The summed E-state index contributed by atoms with van der Waals surface area (Å²) in [4.78, 5) is 0.300. The van der Waals surface area contributed by atoms with Gasteiger partial charge in [-0.25, -0.2) is 13.1 Å². The molecular formula is C12H15NO3S. The van der Waals surface area contributed by atoms with Gasteiger partial charge in [0.15, 0.2) is 0 Å². The third kappa shape index (κ3) is 1.69. The van der Waals surface area contributed by atoms with Crippen LogP contribution in [0.1, 0.15) is 24.8 Å². The summed E-state index contributed by atoms with van der Waals surface area (Å²) in [5.74, 6) is 0. The van der Waals surface area contributed by atoms with Gasteiger partial charge >= 0.3 is 0 Å². The second kappa shape index (κ2) is 3.10. The molecule has 2 bridgehead atoms. The Kier molecular flexibility index (Phi) is 2.04. The lowest BCUT2D eigenvalue weighted by molar-refractivity contribution is -0.212. The fraction of sp³-hybridized carbons (Fsp3) is 0.500. The minimum atomic E-state index is -3.45. The van der Waals surface area contributed by atoms with Crippen LogP contribution >= 0.6 is 0 Å². The van der Waals surface area contributed by atoms with Crippen LogP contribution in [0.3, 0.4) is 0 Å². The highest BCUT2D eigenvalue weighted by Gasteiger charge is 2.68. The molecule has 3 aliphatic carbocycles. The zero-order valence-electron chi connectivity index (χ0n) is 9.60. The molecule has 0 aliphatic heterocycles. The molecule has 0 unspecified atom stereocenters. The molecule has 17 heavy (non-hydrogen) atoms. The van der Waals surface area contributed by atoms with Gasteiger partial charge in [0.2, 0.25) is 10.0 Å². The Labute approximate surface area is 101 Å². The van der Waals surface area contributed by atoms with Gasteiger partial charge in [-0.2, -0.15) is 0 Å². The molecule has 4 nitrogen and oxygen atoms in total. The Morgan fingerprint density at radius 3 is 2.47 bits per heavy atom. The van der Waals surface area contributed by atoms with Gasteiger partial charge in [-0.15, -0.1) is 0 Å². The van der Waals surface area contributed by atoms with E-state index in [0.717, 1.165) is 5.56 Å². The number of hydrogen-bond donors (Lipinski definition) is 2. The van der Waals surface area contributed by atoms with E-state index in [1.807, 2.05) is 13.0 Å². The average molecular weight is 253 g/mol. The van der Waals surface area contributed by atoms with E-state index in [-0.39, 0.29) is 5.54 Å². The number of benzene rings is 1. The van der Waals surface area contributed by atoms with Gasteiger partial charge in [0, 0.05) is 5.54 Å². The molecule has 3 saturated carbocycles. The molecule has 0 radical (unpaired) electrons. The maximum atomic E-state index is 12.1. The van der Waals surface area contributed by atoms with Crippen molar-refractivity contribution in [2.45, 2.75) is 42.2 Å². The maximum absolute atomic E-state index is 12.1. The Hall–Kier alpha value is -0.910. The van der Waals surface area contributed by atoms with E-state index in [2.05, 4.69) is 4.72 Å². The van der Waals surface area contributed by atoms with Gasteiger partial charge in [-0.3, -0.25) is 0 Å². The Balaban J connectivity index is 1.83. The van der Waals surface area contributed by atoms with Crippen molar-refractivity contribution in [2.75, 3.05) is 0 Å². The lowest BCUT2D eigenvalue weighted by Gasteiger charge is -2.67. The highest BCUT2D eigenvalue weighted by atomic mass is 32.2. The Bertz CT molecular complexity index is 559. The largest absolute Gasteiger partial charge is 0.390 e. The quantitative estimate of drug-likeness (QED) is 0.842. The van der Waals surface area contributed by atoms with Crippen LogP contribution in [0.5, 0.6) is 0 Å². The second-order valence-electron chi connectivity index (χ2n) is 5.46. The van der Waals surface area contributed by atoms with Crippen LogP contribution in [0, 0.1) is 6.92 Å².